The Morgan fingerprint density at radius 3 is 2.58 bits per heavy atom. The van der Waals surface area contributed by atoms with E-state index in [-0.39, 0.29) is 11.5 Å². The van der Waals surface area contributed by atoms with Crippen molar-refractivity contribution in [3.63, 3.8) is 0 Å². The lowest BCUT2D eigenvalue weighted by Gasteiger charge is -2.15. The van der Waals surface area contributed by atoms with Crippen LogP contribution in [0.5, 0.6) is 0 Å². The van der Waals surface area contributed by atoms with Gasteiger partial charge in [-0.05, 0) is 46.5 Å². The SMILES string of the molecule is CC(C)C[C@H](N)C(=O)Nc1cc(C(=O)O)ccc1Br. The molecule has 0 spiro atoms. The molecule has 4 N–H and O–H groups in total. The van der Waals surface area contributed by atoms with Gasteiger partial charge in [0.25, 0.3) is 0 Å². The number of carboxylic acids is 1. The van der Waals surface area contributed by atoms with Crippen LogP contribution in [0.2, 0.25) is 0 Å². The number of hydrogen-bond acceptors (Lipinski definition) is 3. The molecule has 19 heavy (non-hydrogen) atoms. The van der Waals surface area contributed by atoms with Crippen molar-refractivity contribution in [2.75, 3.05) is 5.32 Å². The highest BCUT2D eigenvalue weighted by Gasteiger charge is 2.17. The van der Waals surface area contributed by atoms with E-state index in [0.29, 0.717) is 22.5 Å². The largest absolute Gasteiger partial charge is 0.478 e. The van der Waals surface area contributed by atoms with E-state index >= 15 is 0 Å². The number of benzene rings is 1. The lowest BCUT2D eigenvalue weighted by Crippen LogP contribution is -2.36. The van der Waals surface area contributed by atoms with Gasteiger partial charge in [0.1, 0.15) is 0 Å². The van der Waals surface area contributed by atoms with Gasteiger partial charge >= 0.3 is 5.97 Å². The van der Waals surface area contributed by atoms with E-state index in [4.69, 9.17) is 10.8 Å². The van der Waals surface area contributed by atoms with Gasteiger partial charge in [0.2, 0.25) is 5.91 Å². The average molecular weight is 329 g/mol. The van der Waals surface area contributed by atoms with Gasteiger partial charge in [-0.3, -0.25) is 4.79 Å². The summed E-state index contributed by atoms with van der Waals surface area (Å²) < 4.78 is 0.614. The number of carbonyl (C=O) groups is 2. The highest BCUT2D eigenvalue weighted by molar-refractivity contribution is 9.10. The zero-order chi connectivity index (χ0) is 14.6. The number of aromatic carboxylic acids is 1. The molecule has 0 saturated carbocycles. The van der Waals surface area contributed by atoms with Gasteiger partial charge in [-0.25, -0.2) is 4.79 Å². The Kier molecular flexibility index (Phi) is 5.50. The van der Waals surface area contributed by atoms with E-state index in [1.807, 2.05) is 13.8 Å². The van der Waals surface area contributed by atoms with E-state index in [2.05, 4.69) is 21.2 Å². The number of amides is 1. The maximum Gasteiger partial charge on any atom is 0.335 e. The Balaban J connectivity index is 2.84. The predicted octanol–water partition coefficient (Wildman–Crippen LogP) is 2.46. The van der Waals surface area contributed by atoms with Crippen molar-refractivity contribution in [1.29, 1.82) is 0 Å². The molecule has 5 nitrogen and oxygen atoms in total. The highest BCUT2D eigenvalue weighted by atomic mass is 79.9. The predicted molar refractivity (Wildman–Crippen MR) is 77.2 cm³/mol. The van der Waals surface area contributed by atoms with Crippen LogP contribution in [0.15, 0.2) is 22.7 Å². The minimum Gasteiger partial charge on any atom is -0.478 e. The third-order valence-electron chi connectivity index (χ3n) is 2.53. The molecular formula is C13H17BrN2O3. The third-order valence-corrected chi connectivity index (χ3v) is 3.22. The summed E-state index contributed by atoms with van der Waals surface area (Å²) in [7, 11) is 0. The number of nitrogens with two attached hydrogens (primary N) is 1. The lowest BCUT2D eigenvalue weighted by atomic mass is 10.0. The molecule has 0 bridgehead atoms. The van der Waals surface area contributed by atoms with Crippen LogP contribution >= 0.6 is 15.9 Å². The van der Waals surface area contributed by atoms with E-state index in [1.165, 1.54) is 12.1 Å². The molecule has 0 aromatic heterocycles. The van der Waals surface area contributed by atoms with Crippen LogP contribution in [0.25, 0.3) is 0 Å². The summed E-state index contributed by atoms with van der Waals surface area (Å²) in [4.78, 5) is 22.8. The van der Waals surface area contributed by atoms with Crippen LogP contribution in [-0.4, -0.2) is 23.0 Å². The molecule has 0 unspecified atom stereocenters. The quantitative estimate of drug-likeness (QED) is 0.774. The standard InChI is InChI=1S/C13H17BrN2O3/c1-7(2)5-10(15)12(17)16-11-6-8(13(18)19)3-4-9(11)14/h3-4,6-7,10H,5,15H2,1-2H3,(H,16,17)(H,18,19)/t10-/m0/s1. The van der Waals surface area contributed by atoms with Gasteiger partial charge in [0.15, 0.2) is 0 Å². The van der Waals surface area contributed by atoms with Crippen molar-refractivity contribution in [3.8, 4) is 0 Å². The first kappa shape index (κ1) is 15.7. The molecular weight excluding hydrogens is 312 g/mol. The first-order valence-electron chi connectivity index (χ1n) is 5.90. The molecule has 6 heteroatoms. The van der Waals surface area contributed by atoms with E-state index < -0.39 is 12.0 Å². The minimum atomic E-state index is -1.05. The Labute approximate surface area is 120 Å². The van der Waals surface area contributed by atoms with Crippen LogP contribution < -0.4 is 11.1 Å². The summed E-state index contributed by atoms with van der Waals surface area (Å²) in [5.74, 6) is -1.05. The monoisotopic (exact) mass is 328 g/mol. The second-order valence-electron chi connectivity index (χ2n) is 4.73. The topological polar surface area (TPSA) is 92.4 Å². The van der Waals surface area contributed by atoms with Crippen molar-refractivity contribution >= 4 is 33.5 Å². The number of hydrogen-bond donors (Lipinski definition) is 3. The summed E-state index contributed by atoms with van der Waals surface area (Å²) in [6.45, 7) is 3.96. The first-order chi connectivity index (χ1) is 8.81. The first-order valence-corrected chi connectivity index (χ1v) is 6.70. The number of carbonyl (C=O) groups excluding carboxylic acids is 1. The van der Waals surface area contributed by atoms with Crippen LogP contribution in [0.3, 0.4) is 0 Å². The number of anilines is 1. The van der Waals surface area contributed by atoms with Crippen LogP contribution in [0.4, 0.5) is 5.69 Å². The summed E-state index contributed by atoms with van der Waals surface area (Å²) >= 11 is 3.26. The zero-order valence-corrected chi connectivity index (χ0v) is 12.4. The minimum absolute atomic E-state index is 0.107. The van der Waals surface area contributed by atoms with E-state index in [9.17, 15) is 9.59 Å². The summed E-state index contributed by atoms with van der Waals surface area (Å²) in [5.41, 5.74) is 6.28. The van der Waals surface area contributed by atoms with Crippen molar-refractivity contribution in [2.24, 2.45) is 11.7 Å². The van der Waals surface area contributed by atoms with Crippen LogP contribution in [-0.2, 0) is 4.79 Å². The number of halogens is 1. The zero-order valence-electron chi connectivity index (χ0n) is 10.8. The smallest absolute Gasteiger partial charge is 0.335 e. The molecule has 0 radical (unpaired) electrons. The maximum absolute atomic E-state index is 11.9. The Bertz CT molecular complexity index is 489. The molecule has 104 valence electrons. The van der Waals surface area contributed by atoms with Gasteiger partial charge in [-0.15, -0.1) is 0 Å². The van der Waals surface area contributed by atoms with Crippen molar-refractivity contribution in [2.45, 2.75) is 26.3 Å². The molecule has 1 amide bonds. The molecule has 1 atom stereocenters. The van der Waals surface area contributed by atoms with Gasteiger partial charge < -0.3 is 16.2 Å². The van der Waals surface area contributed by atoms with Crippen LogP contribution in [0, 0.1) is 5.92 Å². The van der Waals surface area contributed by atoms with E-state index in [1.54, 1.807) is 6.07 Å². The molecule has 1 aromatic carbocycles. The third kappa shape index (κ3) is 4.65. The Hall–Kier alpha value is -1.40. The van der Waals surface area contributed by atoms with Crippen LogP contribution in [0.1, 0.15) is 30.6 Å². The van der Waals surface area contributed by atoms with Gasteiger partial charge in [-0.2, -0.15) is 0 Å². The second-order valence-corrected chi connectivity index (χ2v) is 5.58. The molecule has 0 fully saturated rings. The molecule has 0 aliphatic heterocycles. The fourth-order valence-electron chi connectivity index (χ4n) is 1.59. The molecule has 0 aliphatic rings. The van der Waals surface area contributed by atoms with Gasteiger partial charge in [-0.1, -0.05) is 13.8 Å². The fraction of sp³-hybridized carbons (Fsp3) is 0.385. The second kappa shape index (κ2) is 6.68. The molecule has 1 rings (SSSR count). The highest BCUT2D eigenvalue weighted by Crippen LogP contribution is 2.24. The number of nitrogens with one attached hydrogen (secondary N) is 1. The molecule has 1 aromatic rings. The Morgan fingerprint density at radius 2 is 2.05 bits per heavy atom. The van der Waals surface area contributed by atoms with E-state index in [0.717, 1.165) is 0 Å². The fourth-order valence-corrected chi connectivity index (χ4v) is 1.94. The summed E-state index contributed by atoms with van der Waals surface area (Å²) in [5, 5.41) is 11.5. The van der Waals surface area contributed by atoms with Crippen molar-refractivity contribution < 1.29 is 14.7 Å². The number of carboxylic acid groups (broad SMARTS) is 1. The van der Waals surface area contributed by atoms with Crippen molar-refractivity contribution in [1.82, 2.24) is 0 Å². The number of rotatable bonds is 5. The Morgan fingerprint density at radius 1 is 1.42 bits per heavy atom. The maximum atomic E-state index is 11.9. The molecule has 0 heterocycles. The average Bonchev–Trinajstić information content (AvgIpc) is 2.30. The van der Waals surface area contributed by atoms with Gasteiger partial charge in [0.05, 0.1) is 17.3 Å². The normalized spacial score (nSPS) is 12.3. The lowest BCUT2D eigenvalue weighted by molar-refractivity contribution is -0.117. The summed E-state index contributed by atoms with van der Waals surface area (Å²) in [6.07, 6.45) is 0.572. The molecule has 0 saturated heterocycles. The van der Waals surface area contributed by atoms with Gasteiger partial charge in [0, 0.05) is 4.47 Å². The summed E-state index contributed by atoms with van der Waals surface area (Å²) in [6, 6.07) is 3.82. The molecule has 0 aliphatic carbocycles. The van der Waals surface area contributed by atoms with Crippen molar-refractivity contribution in [3.05, 3.63) is 28.2 Å².